The van der Waals surface area contributed by atoms with Gasteiger partial charge in [0.25, 0.3) is 5.56 Å². The highest BCUT2D eigenvalue weighted by molar-refractivity contribution is 6.16. The predicted octanol–water partition coefficient (Wildman–Crippen LogP) is 4.24. The van der Waals surface area contributed by atoms with E-state index in [9.17, 15) is 9.18 Å². The van der Waals surface area contributed by atoms with E-state index in [0.717, 1.165) is 12.8 Å². The molecule has 1 aliphatic rings. The summed E-state index contributed by atoms with van der Waals surface area (Å²) in [5, 5.41) is 12.5. The first kappa shape index (κ1) is 25.1. The standard InChI is InChI=1S/C27H28FN7O3/c1-4-18(26-34-19-9-6-15(28)12-17(19)27(36)35(26)16-7-8-16)33-25-22(24(30)31-13-32-25)23(29)14-5-10-20(37-2)21(11-14)38-3/h5-6,9-13,16,18,29H,4,7-8H2,1-3H3,(H3,30,31,32,33). The van der Waals surface area contributed by atoms with E-state index in [1.807, 2.05) is 6.92 Å². The molecular weight excluding hydrogens is 489 g/mol. The minimum atomic E-state index is -0.480. The van der Waals surface area contributed by atoms with Crippen molar-refractivity contribution in [1.82, 2.24) is 19.5 Å². The molecule has 4 aromatic rings. The Balaban J connectivity index is 1.58. The lowest BCUT2D eigenvalue weighted by Gasteiger charge is -2.23. The molecule has 0 saturated heterocycles. The van der Waals surface area contributed by atoms with Gasteiger partial charge in [-0.25, -0.2) is 19.3 Å². The van der Waals surface area contributed by atoms with Crippen LogP contribution in [0.25, 0.3) is 10.9 Å². The third kappa shape index (κ3) is 4.51. The van der Waals surface area contributed by atoms with Gasteiger partial charge in [-0.3, -0.25) is 14.8 Å². The summed E-state index contributed by atoms with van der Waals surface area (Å²) in [4.78, 5) is 26.7. The molecule has 4 N–H and O–H groups in total. The van der Waals surface area contributed by atoms with Gasteiger partial charge >= 0.3 is 0 Å². The SMILES string of the molecule is CCC(Nc1ncnc(N)c1C(=N)c1ccc(OC)c(OC)c1)c1nc2ccc(F)cc2c(=O)n1C1CC1. The fourth-order valence-corrected chi connectivity index (χ4v) is 4.52. The maximum Gasteiger partial charge on any atom is 0.261 e. The molecule has 2 aromatic carbocycles. The van der Waals surface area contributed by atoms with Crippen molar-refractivity contribution in [3.8, 4) is 11.5 Å². The lowest BCUT2D eigenvalue weighted by molar-refractivity contribution is 0.355. The number of rotatable bonds is 9. The van der Waals surface area contributed by atoms with Crippen LogP contribution in [0.2, 0.25) is 0 Å². The van der Waals surface area contributed by atoms with Crippen LogP contribution in [0, 0.1) is 11.2 Å². The Kier molecular flexibility index (Phi) is 6.66. The number of nitrogens with two attached hydrogens (primary N) is 1. The fraction of sp³-hybridized carbons (Fsp3) is 0.296. The quantitative estimate of drug-likeness (QED) is 0.280. The van der Waals surface area contributed by atoms with E-state index >= 15 is 0 Å². The maximum absolute atomic E-state index is 13.9. The fourth-order valence-electron chi connectivity index (χ4n) is 4.52. The van der Waals surface area contributed by atoms with Crippen molar-refractivity contribution in [3.05, 3.63) is 75.8 Å². The average Bonchev–Trinajstić information content (AvgIpc) is 3.76. The van der Waals surface area contributed by atoms with Crippen LogP contribution in [0.15, 0.2) is 47.5 Å². The molecule has 0 bridgehead atoms. The number of hydrogen-bond donors (Lipinski definition) is 3. The molecular formula is C27H28FN7O3. The van der Waals surface area contributed by atoms with Crippen molar-refractivity contribution < 1.29 is 13.9 Å². The van der Waals surface area contributed by atoms with Gasteiger partial charge in [-0.2, -0.15) is 0 Å². The van der Waals surface area contributed by atoms with E-state index in [4.69, 9.17) is 25.6 Å². The number of aromatic nitrogens is 4. The Labute approximate surface area is 218 Å². The Morgan fingerprint density at radius 2 is 1.95 bits per heavy atom. The number of nitrogen functional groups attached to an aromatic ring is 1. The van der Waals surface area contributed by atoms with Gasteiger partial charge in [0.05, 0.1) is 42.4 Å². The second-order valence-corrected chi connectivity index (χ2v) is 9.07. The number of halogens is 1. The van der Waals surface area contributed by atoms with Crippen LogP contribution in [0.3, 0.4) is 0 Å². The number of nitrogens with one attached hydrogen (secondary N) is 2. The van der Waals surface area contributed by atoms with Crippen LogP contribution in [-0.2, 0) is 0 Å². The molecule has 5 rings (SSSR count). The predicted molar refractivity (Wildman–Crippen MR) is 143 cm³/mol. The Morgan fingerprint density at radius 1 is 1.18 bits per heavy atom. The Bertz CT molecular complexity index is 1600. The van der Waals surface area contributed by atoms with Gasteiger partial charge in [0.2, 0.25) is 0 Å². The van der Waals surface area contributed by atoms with Crippen molar-refractivity contribution in [2.45, 2.75) is 38.3 Å². The molecule has 196 valence electrons. The molecule has 1 unspecified atom stereocenters. The summed E-state index contributed by atoms with van der Waals surface area (Å²) in [6, 6.07) is 8.73. The van der Waals surface area contributed by atoms with E-state index in [-0.39, 0.29) is 28.5 Å². The summed E-state index contributed by atoms with van der Waals surface area (Å²) in [5.41, 5.74) is 7.32. The highest BCUT2D eigenvalue weighted by Crippen LogP contribution is 2.37. The van der Waals surface area contributed by atoms with Crippen molar-refractivity contribution in [2.24, 2.45) is 0 Å². The highest BCUT2D eigenvalue weighted by Gasteiger charge is 2.31. The second kappa shape index (κ2) is 10.1. The molecule has 2 heterocycles. The van der Waals surface area contributed by atoms with E-state index in [1.54, 1.807) is 22.8 Å². The number of ether oxygens (including phenoxy) is 2. The smallest absolute Gasteiger partial charge is 0.261 e. The second-order valence-electron chi connectivity index (χ2n) is 9.07. The minimum absolute atomic E-state index is 0.00789. The molecule has 11 heteroatoms. The van der Waals surface area contributed by atoms with Gasteiger partial charge in [0.1, 0.15) is 29.6 Å². The summed E-state index contributed by atoms with van der Waals surface area (Å²) >= 11 is 0. The summed E-state index contributed by atoms with van der Waals surface area (Å²) in [5.74, 6) is 1.51. The number of nitrogens with zero attached hydrogens (tertiary/aromatic N) is 4. The maximum atomic E-state index is 13.9. The molecule has 1 aliphatic carbocycles. The average molecular weight is 518 g/mol. The molecule has 0 radical (unpaired) electrons. The zero-order chi connectivity index (χ0) is 27.0. The van der Waals surface area contributed by atoms with Gasteiger partial charge in [-0.15, -0.1) is 0 Å². The molecule has 2 aromatic heterocycles. The highest BCUT2D eigenvalue weighted by atomic mass is 19.1. The lowest BCUT2D eigenvalue weighted by Crippen LogP contribution is -2.29. The first-order valence-electron chi connectivity index (χ1n) is 12.3. The molecule has 1 fully saturated rings. The summed E-state index contributed by atoms with van der Waals surface area (Å²) in [6.45, 7) is 1.96. The zero-order valence-corrected chi connectivity index (χ0v) is 21.3. The Hall–Kier alpha value is -4.54. The van der Waals surface area contributed by atoms with Gasteiger partial charge in [0.15, 0.2) is 11.5 Å². The summed E-state index contributed by atoms with van der Waals surface area (Å²) < 4.78 is 26.3. The van der Waals surface area contributed by atoms with Crippen LogP contribution in [0.4, 0.5) is 16.0 Å². The van der Waals surface area contributed by atoms with Crippen LogP contribution >= 0.6 is 0 Å². The number of benzene rings is 2. The van der Waals surface area contributed by atoms with Crippen LogP contribution < -0.4 is 26.1 Å². The van der Waals surface area contributed by atoms with E-state index in [2.05, 4.69) is 15.3 Å². The molecule has 10 nitrogen and oxygen atoms in total. The molecule has 1 saturated carbocycles. The normalized spacial score (nSPS) is 13.8. The van der Waals surface area contributed by atoms with Crippen molar-refractivity contribution >= 4 is 28.3 Å². The molecule has 0 spiro atoms. The first-order valence-corrected chi connectivity index (χ1v) is 12.3. The van der Waals surface area contributed by atoms with Crippen LogP contribution in [-0.4, -0.2) is 39.5 Å². The van der Waals surface area contributed by atoms with Crippen molar-refractivity contribution in [2.75, 3.05) is 25.3 Å². The molecule has 38 heavy (non-hydrogen) atoms. The van der Waals surface area contributed by atoms with Crippen molar-refractivity contribution in [1.29, 1.82) is 5.41 Å². The monoisotopic (exact) mass is 517 g/mol. The largest absolute Gasteiger partial charge is 0.493 e. The van der Waals surface area contributed by atoms with Gasteiger partial charge < -0.3 is 20.5 Å². The van der Waals surface area contributed by atoms with Crippen LogP contribution in [0.5, 0.6) is 11.5 Å². The number of methoxy groups -OCH3 is 2. The summed E-state index contributed by atoms with van der Waals surface area (Å²) in [7, 11) is 3.06. The Morgan fingerprint density at radius 3 is 2.63 bits per heavy atom. The topological polar surface area (TPSA) is 141 Å². The van der Waals surface area contributed by atoms with Gasteiger partial charge in [-0.1, -0.05) is 6.92 Å². The number of fused-ring (bicyclic) bond motifs is 1. The molecule has 0 amide bonds. The lowest BCUT2D eigenvalue weighted by atomic mass is 10.0. The number of hydrogen-bond acceptors (Lipinski definition) is 9. The summed E-state index contributed by atoms with van der Waals surface area (Å²) in [6.07, 6.45) is 3.57. The van der Waals surface area contributed by atoms with Crippen molar-refractivity contribution in [3.63, 3.8) is 0 Å². The van der Waals surface area contributed by atoms with Gasteiger partial charge in [0, 0.05) is 11.6 Å². The zero-order valence-electron chi connectivity index (χ0n) is 21.3. The molecule has 1 atom stereocenters. The molecule has 0 aliphatic heterocycles. The third-order valence-electron chi connectivity index (χ3n) is 6.63. The van der Waals surface area contributed by atoms with E-state index in [1.165, 1.54) is 38.7 Å². The first-order chi connectivity index (χ1) is 18.4. The van der Waals surface area contributed by atoms with E-state index < -0.39 is 11.9 Å². The van der Waals surface area contributed by atoms with Gasteiger partial charge in [-0.05, 0) is 55.7 Å². The van der Waals surface area contributed by atoms with E-state index in [0.29, 0.717) is 46.2 Å². The minimum Gasteiger partial charge on any atom is -0.493 e. The van der Waals surface area contributed by atoms with Crippen LogP contribution in [0.1, 0.15) is 55.2 Å². The number of anilines is 2. The third-order valence-corrected chi connectivity index (χ3v) is 6.63.